The van der Waals surface area contributed by atoms with Crippen LogP contribution in [0.5, 0.6) is 0 Å². The first-order chi connectivity index (χ1) is 18.8. The molecule has 39 heavy (non-hydrogen) atoms. The molecule has 1 heterocycles. The van der Waals surface area contributed by atoms with Crippen molar-refractivity contribution in [3.63, 3.8) is 0 Å². The fourth-order valence-electron chi connectivity index (χ4n) is 4.41. The molecule has 1 fully saturated rings. The van der Waals surface area contributed by atoms with Crippen molar-refractivity contribution >= 4 is 34.8 Å². The van der Waals surface area contributed by atoms with Crippen LogP contribution in [-0.4, -0.2) is 66.1 Å². The van der Waals surface area contributed by atoms with Crippen molar-refractivity contribution in [1.29, 1.82) is 0 Å². The molecule has 206 valence electrons. The second-order valence-corrected chi connectivity index (χ2v) is 10.4. The SMILES string of the molecule is CCOC(=O)C1=CC2(CCC1SC(C)=O)O[C@H](COC(=O)c1ccccc1)[C@@H](COC(=O)c1ccccc1)O2. The predicted octanol–water partition coefficient (Wildman–Crippen LogP) is 4.11. The topological polar surface area (TPSA) is 114 Å². The van der Waals surface area contributed by atoms with Crippen LogP contribution in [0.1, 0.15) is 47.4 Å². The minimum absolute atomic E-state index is 0.129. The van der Waals surface area contributed by atoms with Crippen LogP contribution in [0.15, 0.2) is 72.3 Å². The lowest BCUT2D eigenvalue weighted by molar-refractivity contribution is -0.154. The van der Waals surface area contributed by atoms with Crippen LogP contribution in [0, 0.1) is 0 Å². The van der Waals surface area contributed by atoms with Crippen molar-refractivity contribution in [2.24, 2.45) is 0 Å². The summed E-state index contributed by atoms with van der Waals surface area (Å²) in [5.74, 6) is -2.98. The van der Waals surface area contributed by atoms with E-state index >= 15 is 0 Å². The monoisotopic (exact) mass is 554 g/mol. The summed E-state index contributed by atoms with van der Waals surface area (Å²) in [6.07, 6.45) is 0.686. The Balaban J connectivity index is 1.54. The van der Waals surface area contributed by atoms with Crippen LogP contribution >= 0.6 is 11.8 Å². The van der Waals surface area contributed by atoms with Crippen LogP contribution in [0.2, 0.25) is 0 Å². The zero-order valence-corrected chi connectivity index (χ0v) is 22.5. The van der Waals surface area contributed by atoms with Gasteiger partial charge in [0, 0.05) is 18.6 Å². The maximum absolute atomic E-state index is 12.8. The van der Waals surface area contributed by atoms with Crippen molar-refractivity contribution < 1.29 is 42.9 Å². The molecule has 0 saturated carbocycles. The van der Waals surface area contributed by atoms with Gasteiger partial charge >= 0.3 is 17.9 Å². The summed E-state index contributed by atoms with van der Waals surface area (Å²) < 4.78 is 28.8. The Hall–Kier alpha value is -3.47. The Morgan fingerprint density at radius 1 is 0.821 bits per heavy atom. The van der Waals surface area contributed by atoms with Gasteiger partial charge in [-0.15, -0.1) is 0 Å². The van der Waals surface area contributed by atoms with E-state index in [0.29, 0.717) is 24.0 Å². The maximum Gasteiger partial charge on any atom is 0.338 e. The van der Waals surface area contributed by atoms with Gasteiger partial charge in [0.25, 0.3) is 0 Å². The minimum Gasteiger partial charge on any atom is -0.463 e. The van der Waals surface area contributed by atoms with Gasteiger partial charge in [0.1, 0.15) is 25.4 Å². The first-order valence-corrected chi connectivity index (χ1v) is 13.6. The van der Waals surface area contributed by atoms with E-state index in [1.807, 2.05) is 0 Å². The minimum atomic E-state index is -1.34. The van der Waals surface area contributed by atoms with Crippen LogP contribution in [0.3, 0.4) is 0 Å². The van der Waals surface area contributed by atoms with Gasteiger partial charge in [-0.1, -0.05) is 48.2 Å². The molecular weight excluding hydrogens is 524 g/mol. The number of ether oxygens (including phenoxy) is 5. The summed E-state index contributed by atoms with van der Waals surface area (Å²) >= 11 is 1.05. The second-order valence-electron chi connectivity index (χ2n) is 9.01. The number of benzene rings is 2. The van der Waals surface area contributed by atoms with Crippen LogP contribution in [0.25, 0.3) is 0 Å². The molecule has 0 bridgehead atoms. The van der Waals surface area contributed by atoms with E-state index in [1.165, 1.54) is 6.92 Å². The molecule has 0 amide bonds. The third-order valence-electron chi connectivity index (χ3n) is 6.19. The van der Waals surface area contributed by atoms with Gasteiger partial charge in [-0.05, 0) is 43.7 Å². The molecule has 4 rings (SSSR count). The number of carbonyl (C=O) groups is 4. The fraction of sp³-hybridized carbons (Fsp3) is 0.379. The zero-order chi connectivity index (χ0) is 27.8. The van der Waals surface area contributed by atoms with Crippen LogP contribution in [0.4, 0.5) is 0 Å². The summed E-state index contributed by atoms with van der Waals surface area (Å²) in [6, 6.07) is 17.0. The van der Waals surface area contributed by atoms with E-state index in [1.54, 1.807) is 73.7 Å². The Morgan fingerprint density at radius 2 is 1.33 bits per heavy atom. The highest BCUT2D eigenvalue weighted by atomic mass is 32.2. The summed E-state index contributed by atoms with van der Waals surface area (Å²) in [5, 5.41) is -0.542. The van der Waals surface area contributed by atoms with Crippen molar-refractivity contribution in [1.82, 2.24) is 0 Å². The molecule has 1 spiro atoms. The van der Waals surface area contributed by atoms with Gasteiger partial charge in [0.15, 0.2) is 10.9 Å². The Morgan fingerprint density at radius 3 is 1.79 bits per heavy atom. The van der Waals surface area contributed by atoms with Gasteiger partial charge in [-0.2, -0.15) is 0 Å². The Kier molecular flexibility index (Phi) is 9.55. The molecule has 0 aromatic heterocycles. The average molecular weight is 555 g/mol. The van der Waals surface area contributed by atoms with Crippen LogP contribution < -0.4 is 0 Å². The van der Waals surface area contributed by atoms with Gasteiger partial charge in [-0.25, -0.2) is 14.4 Å². The summed E-state index contributed by atoms with van der Waals surface area (Å²) in [6.45, 7) is 2.96. The van der Waals surface area contributed by atoms with E-state index in [4.69, 9.17) is 23.7 Å². The average Bonchev–Trinajstić information content (AvgIpc) is 3.28. The zero-order valence-electron chi connectivity index (χ0n) is 21.7. The molecular formula is C29H30O9S. The molecule has 0 N–H and O–H groups in total. The highest BCUT2D eigenvalue weighted by molar-refractivity contribution is 8.14. The lowest BCUT2D eigenvalue weighted by atomic mass is 9.94. The summed E-state index contributed by atoms with van der Waals surface area (Å²) in [7, 11) is 0. The lowest BCUT2D eigenvalue weighted by Crippen LogP contribution is -2.38. The largest absolute Gasteiger partial charge is 0.463 e. The quantitative estimate of drug-likeness (QED) is 0.331. The number of thioether (sulfide) groups is 1. The van der Waals surface area contributed by atoms with E-state index in [9.17, 15) is 19.2 Å². The molecule has 2 aliphatic rings. The first kappa shape index (κ1) is 28.5. The summed E-state index contributed by atoms with van der Waals surface area (Å²) in [4.78, 5) is 49.7. The van der Waals surface area contributed by atoms with Gasteiger partial charge < -0.3 is 23.7 Å². The highest BCUT2D eigenvalue weighted by Gasteiger charge is 2.50. The van der Waals surface area contributed by atoms with Gasteiger partial charge in [0.05, 0.1) is 23.3 Å². The molecule has 1 unspecified atom stereocenters. The standard InChI is InChI=1S/C29H30O9S/c1-3-34-28(33)22-16-29(15-14-25(22)39-19(2)30)37-23(17-35-26(31)20-10-6-4-7-11-20)24(38-29)18-36-27(32)21-12-8-5-9-13-21/h4-13,16,23-25H,3,14-15,17-18H2,1-2H3/t23-,24-,25?/m1/s1. The molecule has 1 aliphatic heterocycles. The van der Waals surface area contributed by atoms with Crippen molar-refractivity contribution in [2.75, 3.05) is 19.8 Å². The fourth-order valence-corrected chi connectivity index (χ4v) is 5.34. The smallest absolute Gasteiger partial charge is 0.338 e. The first-order valence-electron chi connectivity index (χ1n) is 12.7. The molecule has 2 aromatic rings. The molecule has 1 saturated heterocycles. The van der Waals surface area contributed by atoms with Crippen molar-refractivity contribution in [2.45, 2.75) is 49.9 Å². The molecule has 10 heteroatoms. The number of carbonyl (C=O) groups excluding carboxylic acids is 4. The molecule has 9 nitrogen and oxygen atoms in total. The van der Waals surface area contributed by atoms with Crippen molar-refractivity contribution in [3.8, 4) is 0 Å². The van der Waals surface area contributed by atoms with E-state index in [2.05, 4.69) is 0 Å². The van der Waals surface area contributed by atoms with E-state index < -0.39 is 41.2 Å². The molecule has 0 radical (unpaired) electrons. The summed E-state index contributed by atoms with van der Waals surface area (Å²) in [5.41, 5.74) is 1.03. The third-order valence-corrected chi connectivity index (χ3v) is 7.30. The normalized spacial score (nSPS) is 21.6. The Bertz CT molecular complexity index is 1150. The Labute approximate surface area is 230 Å². The van der Waals surface area contributed by atoms with Crippen LogP contribution in [-0.2, 0) is 33.3 Å². The third kappa shape index (κ3) is 7.35. The maximum atomic E-state index is 12.8. The molecule has 2 aromatic carbocycles. The van der Waals surface area contributed by atoms with Crippen molar-refractivity contribution in [3.05, 3.63) is 83.4 Å². The second kappa shape index (κ2) is 13.1. The van der Waals surface area contributed by atoms with E-state index in [-0.39, 0.29) is 30.5 Å². The number of hydrogen-bond acceptors (Lipinski definition) is 10. The van der Waals surface area contributed by atoms with E-state index in [0.717, 1.165) is 11.8 Å². The number of esters is 3. The van der Waals surface area contributed by atoms with Gasteiger partial charge in [-0.3, -0.25) is 4.79 Å². The molecule has 1 aliphatic carbocycles. The number of hydrogen-bond donors (Lipinski definition) is 0. The molecule has 3 atom stereocenters. The predicted molar refractivity (Wildman–Crippen MR) is 142 cm³/mol. The lowest BCUT2D eigenvalue weighted by Gasteiger charge is -2.33. The highest BCUT2D eigenvalue weighted by Crippen LogP contribution is 2.43. The van der Waals surface area contributed by atoms with Gasteiger partial charge in [0.2, 0.25) is 0 Å². The number of rotatable bonds is 9.